The molecular weight excluding hydrogens is 270 g/mol. The Labute approximate surface area is 123 Å². The molecule has 0 bridgehead atoms. The van der Waals surface area contributed by atoms with Gasteiger partial charge in [0.2, 0.25) is 0 Å². The molecule has 1 aromatic heterocycles. The van der Waals surface area contributed by atoms with Gasteiger partial charge in [-0.2, -0.15) is 0 Å². The van der Waals surface area contributed by atoms with Gasteiger partial charge >= 0.3 is 5.76 Å². The van der Waals surface area contributed by atoms with Crippen molar-refractivity contribution in [2.45, 2.75) is 32.5 Å². The number of nitrogens with two attached hydrogens (primary N) is 1. The largest absolute Gasteiger partial charge is 0.420 e. The fraction of sp³-hybridized carbons (Fsp3) is 0.533. The molecule has 1 unspecified atom stereocenters. The van der Waals surface area contributed by atoms with Crippen LogP contribution in [0, 0.1) is 0 Å². The van der Waals surface area contributed by atoms with Gasteiger partial charge in [0.1, 0.15) is 0 Å². The molecule has 0 saturated carbocycles. The van der Waals surface area contributed by atoms with E-state index in [2.05, 4.69) is 18.7 Å². The van der Waals surface area contributed by atoms with E-state index in [-0.39, 0.29) is 11.9 Å². The Morgan fingerprint density at radius 3 is 3.00 bits per heavy atom. The number of morpholine rings is 1. The first-order chi connectivity index (χ1) is 10.0. The summed E-state index contributed by atoms with van der Waals surface area (Å²) in [7, 11) is 0. The minimum absolute atomic E-state index is 0.0129. The van der Waals surface area contributed by atoms with Crippen LogP contribution >= 0.6 is 0 Å². The molecule has 0 amide bonds. The summed E-state index contributed by atoms with van der Waals surface area (Å²) in [6, 6.07) is 5.70. The predicted molar refractivity (Wildman–Crippen MR) is 81.3 cm³/mol. The zero-order valence-electron chi connectivity index (χ0n) is 12.4. The third kappa shape index (κ3) is 2.82. The van der Waals surface area contributed by atoms with Gasteiger partial charge in [0.05, 0.1) is 24.8 Å². The van der Waals surface area contributed by atoms with Crippen LogP contribution in [0.5, 0.6) is 0 Å². The van der Waals surface area contributed by atoms with Crippen molar-refractivity contribution in [2.24, 2.45) is 0 Å². The molecule has 2 aromatic rings. The number of rotatable bonds is 3. The number of anilines is 1. The Morgan fingerprint density at radius 2 is 2.24 bits per heavy atom. The van der Waals surface area contributed by atoms with Crippen LogP contribution in [-0.2, 0) is 11.3 Å². The van der Waals surface area contributed by atoms with Gasteiger partial charge in [0.15, 0.2) is 5.58 Å². The number of aromatic nitrogens is 1. The zero-order chi connectivity index (χ0) is 15.0. The maximum Gasteiger partial charge on any atom is 0.420 e. The quantitative estimate of drug-likeness (QED) is 0.863. The molecule has 3 rings (SSSR count). The first-order valence-corrected chi connectivity index (χ1v) is 7.29. The van der Waals surface area contributed by atoms with Crippen LogP contribution in [0.4, 0.5) is 5.69 Å². The second kappa shape index (κ2) is 5.54. The molecule has 1 saturated heterocycles. The summed E-state index contributed by atoms with van der Waals surface area (Å²) >= 11 is 0. The van der Waals surface area contributed by atoms with E-state index in [1.165, 1.54) is 0 Å². The summed E-state index contributed by atoms with van der Waals surface area (Å²) in [6.07, 6.45) is -0.0129. The van der Waals surface area contributed by atoms with Crippen molar-refractivity contribution in [3.8, 4) is 0 Å². The second-order valence-electron chi connectivity index (χ2n) is 5.79. The van der Waals surface area contributed by atoms with Crippen LogP contribution < -0.4 is 11.5 Å². The highest BCUT2D eigenvalue weighted by Gasteiger charge is 2.24. The van der Waals surface area contributed by atoms with Crippen molar-refractivity contribution in [1.82, 2.24) is 9.47 Å². The highest BCUT2D eigenvalue weighted by atomic mass is 16.5. The molecule has 1 aliphatic heterocycles. The molecule has 114 valence electrons. The van der Waals surface area contributed by atoms with E-state index < -0.39 is 0 Å². The average molecular weight is 291 g/mol. The number of hydrogen-bond donors (Lipinski definition) is 1. The monoisotopic (exact) mass is 291 g/mol. The Kier molecular flexibility index (Phi) is 3.73. The molecule has 21 heavy (non-hydrogen) atoms. The van der Waals surface area contributed by atoms with E-state index in [9.17, 15) is 4.79 Å². The number of ether oxygens (including phenoxy) is 1. The SMILES string of the molecule is CC(C)N1CCOC(Cn2c(=O)oc3ccc(N)cc32)C1. The average Bonchev–Trinajstić information content (AvgIpc) is 2.75. The summed E-state index contributed by atoms with van der Waals surface area (Å²) in [4.78, 5) is 14.4. The zero-order valence-corrected chi connectivity index (χ0v) is 12.4. The normalized spacial score (nSPS) is 20.4. The number of nitrogens with zero attached hydrogens (tertiary/aromatic N) is 2. The summed E-state index contributed by atoms with van der Waals surface area (Å²) < 4.78 is 12.7. The number of nitrogen functional groups attached to an aromatic ring is 1. The molecule has 1 aliphatic rings. The van der Waals surface area contributed by atoms with Crippen molar-refractivity contribution in [1.29, 1.82) is 0 Å². The highest BCUT2D eigenvalue weighted by Crippen LogP contribution is 2.18. The minimum atomic E-state index is -0.360. The topological polar surface area (TPSA) is 73.6 Å². The Morgan fingerprint density at radius 1 is 1.43 bits per heavy atom. The fourth-order valence-corrected chi connectivity index (χ4v) is 2.78. The van der Waals surface area contributed by atoms with Crippen LogP contribution in [0.3, 0.4) is 0 Å². The molecular formula is C15H21N3O3. The number of fused-ring (bicyclic) bond motifs is 1. The Hall–Kier alpha value is -1.79. The summed E-state index contributed by atoms with van der Waals surface area (Å²) in [5, 5.41) is 0. The van der Waals surface area contributed by atoms with Gasteiger partial charge in [0, 0.05) is 24.8 Å². The molecule has 2 heterocycles. The van der Waals surface area contributed by atoms with Crippen molar-refractivity contribution >= 4 is 16.8 Å². The van der Waals surface area contributed by atoms with Crippen molar-refractivity contribution < 1.29 is 9.15 Å². The first-order valence-electron chi connectivity index (χ1n) is 7.29. The molecule has 0 aliphatic carbocycles. The minimum Gasteiger partial charge on any atom is -0.408 e. The van der Waals surface area contributed by atoms with E-state index in [4.69, 9.17) is 14.9 Å². The van der Waals surface area contributed by atoms with Gasteiger partial charge in [-0.3, -0.25) is 9.47 Å². The molecule has 6 heteroatoms. The van der Waals surface area contributed by atoms with Gasteiger partial charge in [0.25, 0.3) is 0 Å². The fourth-order valence-electron chi connectivity index (χ4n) is 2.78. The summed E-state index contributed by atoms with van der Waals surface area (Å²) in [5.41, 5.74) is 7.70. The van der Waals surface area contributed by atoms with Gasteiger partial charge in [-0.05, 0) is 32.0 Å². The van der Waals surface area contributed by atoms with Gasteiger partial charge < -0.3 is 14.9 Å². The van der Waals surface area contributed by atoms with E-state index >= 15 is 0 Å². The third-order valence-electron chi connectivity index (χ3n) is 3.98. The number of hydrogen-bond acceptors (Lipinski definition) is 5. The maximum atomic E-state index is 12.0. The molecule has 2 N–H and O–H groups in total. The van der Waals surface area contributed by atoms with E-state index in [0.717, 1.165) is 18.6 Å². The Balaban J connectivity index is 1.86. The second-order valence-corrected chi connectivity index (χ2v) is 5.79. The van der Waals surface area contributed by atoms with E-state index in [1.54, 1.807) is 22.8 Å². The van der Waals surface area contributed by atoms with Crippen LogP contribution in [-0.4, -0.2) is 41.3 Å². The molecule has 0 spiro atoms. The van der Waals surface area contributed by atoms with Crippen molar-refractivity contribution in [3.05, 3.63) is 28.7 Å². The molecule has 1 atom stereocenters. The highest BCUT2D eigenvalue weighted by molar-refractivity contribution is 5.76. The van der Waals surface area contributed by atoms with Crippen molar-refractivity contribution in [2.75, 3.05) is 25.4 Å². The number of oxazole rings is 1. The summed E-state index contributed by atoms with van der Waals surface area (Å²) in [6.45, 7) is 7.26. The molecule has 0 radical (unpaired) electrons. The Bertz CT molecular complexity index is 689. The maximum absolute atomic E-state index is 12.0. The molecule has 1 aromatic carbocycles. The first kappa shape index (κ1) is 14.2. The van der Waals surface area contributed by atoms with Crippen LogP contribution in [0.2, 0.25) is 0 Å². The van der Waals surface area contributed by atoms with Crippen LogP contribution in [0.15, 0.2) is 27.4 Å². The standard InChI is InChI=1S/C15H21N3O3/c1-10(2)17-5-6-20-12(8-17)9-18-13-7-11(16)3-4-14(13)21-15(18)19/h3-4,7,10,12H,5-6,8-9,16H2,1-2H3. The van der Waals surface area contributed by atoms with Crippen molar-refractivity contribution in [3.63, 3.8) is 0 Å². The lowest BCUT2D eigenvalue weighted by molar-refractivity contribution is -0.0458. The molecule has 1 fully saturated rings. The smallest absolute Gasteiger partial charge is 0.408 e. The third-order valence-corrected chi connectivity index (χ3v) is 3.98. The summed E-state index contributed by atoms with van der Waals surface area (Å²) in [5.74, 6) is -0.360. The predicted octanol–water partition coefficient (Wildman–Crippen LogP) is 1.29. The van der Waals surface area contributed by atoms with Gasteiger partial charge in [-0.1, -0.05) is 0 Å². The van der Waals surface area contributed by atoms with Crippen LogP contribution in [0.25, 0.3) is 11.1 Å². The number of benzene rings is 1. The lowest BCUT2D eigenvalue weighted by atomic mass is 10.2. The van der Waals surface area contributed by atoms with Crippen LogP contribution in [0.1, 0.15) is 13.8 Å². The van der Waals surface area contributed by atoms with E-state index in [0.29, 0.717) is 30.5 Å². The lowest BCUT2D eigenvalue weighted by Gasteiger charge is -2.35. The molecule has 6 nitrogen and oxygen atoms in total. The van der Waals surface area contributed by atoms with Gasteiger partial charge in [-0.25, -0.2) is 4.79 Å². The van der Waals surface area contributed by atoms with E-state index in [1.807, 2.05) is 0 Å². The lowest BCUT2D eigenvalue weighted by Crippen LogP contribution is -2.47. The van der Waals surface area contributed by atoms with Gasteiger partial charge in [-0.15, -0.1) is 0 Å².